The average Bonchev–Trinajstić information content (AvgIpc) is 1.52. The van der Waals surface area contributed by atoms with E-state index in [9.17, 15) is 55.2 Å². The zero-order valence-electron chi connectivity index (χ0n) is 78.5. The maximum absolute atomic E-state index is 13.4. The van der Waals surface area contributed by atoms with Crippen molar-refractivity contribution in [1.29, 1.82) is 5.26 Å². The zero-order chi connectivity index (χ0) is 103. The minimum Gasteiger partial charge on any atom is -0.497 e. The smallest absolute Gasteiger partial charge is 0.433 e. The fourth-order valence-electron chi connectivity index (χ4n) is 16.4. The van der Waals surface area contributed by atoms with Crippen LogP contribution in [0.2, 0.25) is 5.02 Å². The van der Waals surface area contributed by atoms with E-state index < -0.39 is 35.5 Å². The monoisotopic (exact) mass is 1980 g/mol. The van der Waals surface area contributed by atoms with Crippen LogP contribution in [0, 0.1) is 34.6 Å². The van der Waals surface area contributed by atoms with Crippen LogP contribution in [0.1, 0.15) is 109 Å². The van der Waals surface area contributed by atoms with Gasteiger partial charge in [-0.1, -0.05) is 133 Å². The van der Waals surface area contributed by atoms with Crippen LogP contribution < -0.4 is 41.9 Å². The molecule has 0 aliphatic carbocycles. The summed E-state index contributed by atoms with van der Waals surface area (Å²) in [5.41, 5.74) is 42.2. The van der Waals surface area contributed by atoms with Crippen molar-refractivity contribution in [3.8, 4) is 85.2 Å². The van der Waals surface area contributed by atoms with Crippen molar-refractivity contribution < 1.29 is 68.9 Å². The first kappa shape index (κ1) is 100. The normalized spacial score (nSPS) is 11.0. The van der Waals surface area contributed by atoms with Gasteiger partial charge in [-0.05, 0) is 277 Å². The van der Waals surface area contributed by atoms with E-state index in [2.05, 4.69) is 61.0 Å². The predicted octanol–water partition coefficient (Wildman–Crippen LogP) is 21.7. The molecule has 0 bridgehead atoms. The molecule has 10 aromatic carbocycles. The Bertz CT molecular complexity index is 8170. The van der Waals surface area contributed by atoms with Crippen molar-refractivity contribution in [2.24, 2.45) is 30.0 Å². The molecule has 8 N–H and O–H groups in total. The first-order valence-electron chi connectivity index (χ1n) is 44.9. The Morgan fingerprint density at radius 3 is 1.06 bits per heavy atom. The highest BCUT2D eigenvalue weighted by Crippen LogP contribution is 2.39. The Balaban J connectivity index is 0.000000131. The van der Waals surface area contributed by atoms with Gasteiger partial charge in [0.05, 0.1) is 62.2 Å². The number of halogens is 8. The van der Waals surface area contributed by atoms with E-state index in [-0.39, 0.29) is 51.7 Å². The number of ether oxygens (including phenoxy) is 4. The maximum Gasteiger partial charge on any atom is 0.433 e. The van der Waals surface area contributed by atoms with Crippen LogP contribution in [-0.4, -0.2) is 112 Å². The van der Waals surface area contributed by atoms with Crippen LogP contribution in [0.3, 0.4) is 0 Å². The van der Waals surface area contributed by atoms with Gasteiger partial charge in [0.2, 0.25) is 11.8 Å². The number of hydrogen-bond donors (Lipinski definition) is 4. The molecule has 25 nitrogen and oxygen atoms in total. The number of benzene rings is 10. The third-order valence-electron chi connectivity index (χ3n) is 23.4. The van der Waals surface area contributed by atoms with Crippen LogP contribution in [0.15, 0.2) is 316 Å². The van der Waals surface area contributed by atoms with Gasteiger partial charge in [-0.25, -0.2) is 62.4 Å². The number of nitriles is 1. The van der Waals surface area contributed by atoms with Crippen LogP contribution in [0.4, 0.5) is 30.7 Å². The van der Waals surface area contributed by atoms with Gasteiger partial charge in [0, 0.05) is 89.2 Å². The van der Waals surface area contributed by atoms with Crippen LogP contribution in [0.5, 0.6) is 23.5 Å². The molecule has 0 aliphatic heterocycles. The number of nitrogens with two attached hydrogens (primary N) is 4. The molecule has 0 atom stereocenters. The van der Waals surface area contributed by atoms with E-state index in [1.807, 2.05) is 134 Å². The molecule has 0 unspecified atom stereocenters. The number of primary amides is 4. The largest absolute Gasteiger partial charge is 0.497 e. The molecule has 20 aromatic rings. The number of carbonyl (C=O) groups is 4. The van der Waals surface area contributed by atoms with Gasteiger partial charge in [-0.3, -0.25) is 28.8 Å². The number of carbonyl (C=O) groups excluding carboxylic acids is 4. The number of nitrogens with zero attached hydrogens (tertiary/aromatic N) is 13. The summed E-state index contributed by atoms with van der Waals surface area (Å²) in [5, 5.41) is 18.2. The molecular formula is C113H85ClF7N17O8. The minimum absolute atomic E-state index is 0.141. The third-order valence-corrected chi connectivity index (χ3v) is 23.8. The quantitative estimate of drug-likeness (QED) is 0.0432. The van der Waals surface area contributed by atoms with Gasteiger partial charge < -0.3 is 41.9 Å². The number of alkyl halides is 3. The van der Waals surface area contributed by atoms with Crippen LogP contribution in [0.25, 0.3) is 110 Å². The Morgan fingerprint density at radius 1 is 0.356 bits per heavy atom. The van der Waals surface area contributed by atoms with E-state index in [0.717, 1.165) is 151 Å². The molecule has 0 radical (unpaired) electrons. The lowest BCUT2D eigenvalue weighted by Crippen LogP contribution is -2.13. The highest BCUT2D eigenvalue weighted by Gasteiger charge is 2.33. The van der Waals surface area contributed by atoms with Crippen LogP contribution in [-0.2, 0) is 45.3 Å². The van der Waals surface area contributed by atoms with E-state index in [1.165, 1.54) is 62.8 Å². The van der Waals surface area contributed by atoms with E-state index in [4.69, 9.17) is 53.5 Å². The van der Waals surface area contributed by atoms with Gasteiger partial charge in [0.1, 0.15) is 74.3 Å². The number of aromatic nitrogens is 12. The highest BCUT2D eigenvalue weighted by molar-refractivity contribution is 6.32. The second-order valence-electron chi connectivity index (χ2n) is 33.4. The van der Waals surface area contributed by atoms with E-state index >= 15 is 0 Å². The first-order chi connectivity index (χ1) is 70.4. The second-order valence-corrected chi connectivity index (χ2v) is 33.8. The number of pyridine rings is 8. The van der Waals surface area contributed by atoms with Gasteiger partial charge in [-0.15, -0.1) is 0 Å². The van der Waals surface area contributed by atoms with Crippen molar-refractivity contribution in [1.82, 2.24) is 59.6 Å². The number of amides is 4. The lowest BCUT2D eigenvalue weighted by molar-refractivity contribution is -0.141. The lowest BCUT2D eigenvalue weighted by Gasteiger charge is -2.11. The Kier molecular flexibility index (Phi) is 30.8. The summed E-state index contributed by atoms with van der Waals surface area (Å²) in [6.45, 7) is 0. The van der Waals surface area contributed by atoms with Gasteiger partial charge in [0.15, 0.2) is 0 Å². The average molecular weight is 1980 g/mol. The molecule has 33 heteroatoms. The molecule has 0 saturated carbocycles. The summed E-state index contributed by atoms with van der Waals surface area (Å²) in [4.78, 5) is 89.1. The van der Waals surface area contributed by atoms with Gasteiger partial charge >= 0.3 is 12.2 Å². The molecule has 20 rings (SSSR count). The predicted molar refractivity (Wildman–Crippen MR) is 543 cm³/mol. The highest BCUT2D eigenvalue weighted by atomic mass is 35.5. The molecule has 0 spiro atoms. The van der Waals surface area contributed by atoms with Crippen molar-refractivity contribution in [2.45, 2.75) is 38.3 Å². The van der Waals surface area contributed by atoms with Crippen molar-refractivity contribution in [3.63, 3.8) is 0 Å². The molecule has 10 aromatic heterocycles. The lowest BCUT2D eigenvalue weighted by atomic mass is 9.97. The summed E-state index contributed by atoms with van der Waals surface area (Å²) in [7, 11) is 8.05. The Labute approximate surface area is 835 Å². The minimum atomic E-state index is -4.48. The topological polar surface area (TPSA) is 380 Å². The zero-order valence-corrected chi connectivity index (χ0v) is 79.2. The second kappa shape index (κ2) is 44.9. The van der Waals surface area contributed by atoms with Gasteiger partial charge in [0.25, 0.3) is 23.6 Å². The van der Waals surface area contributed by atoms with E-state index in [1.54, 1.807) is 148 Å². The van der Waals surface area contributed by atoms with E-state index in [0.29, 0.717) is 88.0 Å². The fourth-order valence-corrected chi connectivity index (χ4v) is 16.6. The number of methoxy groups -OCH3 is 4. The third kappa shape index (κ3) is 24.5. The molecule has 0 saturated heterocycles. The molecule has 146 heavy (non-hydrogen) atoms. The molecule has 726 valence electrons. The van der Waals surface area contributed by atoms with Crippen molar-refractivity contribution >= 4 is 89.7 Å². The van der Waals surface area contributed by atoms with Crippen molar-refractivity contribution in [3.05, 3.63) is 434 Å². The molecule has 4 amide bonds. The number of hydrogen-bond acceptors (Lipinski definition) is 20. The Morgan fingerprint density at radius 2 is 0.705 bits per heavy atom. The standard InChI is InChI=1S/C24H19FN2O2.C23H17ClFN3O2.C23H18FN3O2.C22H17FN4O2.C21H14F3N5/c1-29-19-9-2-15(3-10-19)12-16-4-11-20-21(17-5-7-18(25)8-6-17)14-23(24(26)28)27-22(20)13-16;1-30-23-21(24)15(8-9-27-23)10-13-2-7-17-18(14-3-5-16(25)6-4-14)12-20(22(26)29)28-19(17)11-13;1-29-22-12-15(8-9-26-22)10-14-2-7-18-19(16-3-5-17(24)6-4-16)13-21(23(25)28)27-20(18)11-14;1-29-22-25-11-14(12-26-22)8-13-2-7-17-18(15-3-5-16(23)6-4-15)10-20(21(24)28)27-19(17)9-13;1-29-12-15(11-27-29)18-9-16(10-25)28-19-7-13(2-3-17(18)19)6-14-4-5-26-20(8-14)21(22,23)24/h2-11,13-14H,12H2,1H3,(H2,26,28);2-9,11-12H,10H2,1H3,(H2,26,29);2-9,11-13H,10H2,1H3,(H2,25,28);2-7,9-12H,8H2,1H3,(H2,24,28);2-5,7-9,11-12H,6H2,1H3. The SMILES string of the molecule is COc1cc(Cc2ccc3c(-c4ccc(F)cc4)cc(C(N)=O)nc3c2)ccn1.COc1ccc(Cc2ccc3c(-c4ccc(F)cc4)cc(C(N)=O)nc3c2)cc1.COc1ncc(Cc2ccc3c(-c4ccc(F)cc4)cc(C(N)=O)nc3c2)cn1.COc1nccc(Cc2ccc3c(-c4ccc(F)cc4)cc(C(N)=O)nc3c2)c1Cl.Cn1cc(-c2cc(C#N)nc3cc(Cc4ccnc(C(F)(F)F)c4)ccc23)cn1. The summed E-state index contributed by atoms with van der Waals surface area (Å²) in [5.74, 6) is -2.04. The van der Waals surface area contributed by atoms with Crippen molar-refractivity contribution in [2.75, 3.05) is 28.4 Å². The summed E-state index contributed by atoms with van der Waals surface area (Å²) in [6, 6.07) is 80.1. The summed E-state index contributed by atoms with van der Waals surface area (Å²) < 4.78 is 114. The summed E-state index contributed by atoms with van der Waals surface area (Å²) in [6.07, 6.45) is 9.75. The van der Waals surface area contributed by atoms with Crippen LogP contribution >= 0.6 is 11.6 Å². The maximum atomic E-state index is 13.4. The number of fused-ring (bicyclic) bond motifs is 5. The summed E-state index contributed by atoms with van der Waals surface area (Å²) >= 11 is 6.37. The first-order valence-corrected chi connectivity index (χ1v) is 45.2. The molecule has 0 aliphatic rings. The fraction of sp³-hybridized carbons (Fsp3) is 0.0973. The molecular weight excluding hydrogens is 1890 g/mol. The number of aryl methyl sites for hydroxylation is 1. The Hall–Kier alpha value is -18.6. The molecule has 0 fully saturated rings. The van der Waals surface area contributed by atoms with Gasteiger partial charge in [-0.2, -0.15) is 23.5 Å². The molecule has 10 heterocycles. The number of rotatable bonds is 23.